The van der Waals surface area contributed by atoms with Crippen molar-refractivity contribution in [3.8, 4) is 0 Å². The third-order valence-corrected chi connectivity index (χ3v) is 2.95. The summed E-state index contributed by atoms with van der Waals surface area (Å²) in [6.07, 6.45) is 0. The highest BCUT2D eigenvalue weighted by Crippen LogP contribution is 2.23. The number of hydrogen-bond donors (Lipinski definition) is 0. The van der Waals surface area contributed by atoms with Crippen LogP contribution in [0.1, 0.15) is 12.5 Å². The number of benzene rings is 1. The first-order chi connectivity index (χ1) is 6.56. The Hall–Kier alpha value is -0.480. The minimum atomic E-state index is -0.820. The molecule has 0 amide bonds. The highest BCUT2D eigenvalue weighted by atomic mass is 79.9. The fourth-order valence-electron chi connectivity index (χ4n) is 1.09. The Kier molecular flexibility index (Phi) is 4.01. The average molecular weight is 264 g/mol. The van der Waals surface area contributed by atoms with Crippen LogP contribution in [0.25, 0.3) is 0 Å². The fraction of sp³-hybridized carbons (Fsp3) is 0.400. The molecule has 0 N–H and O–H groups in total. The fourth-order valence-corrected chi connectivity index (χ4v) is 1.54. The number of nitrogens with zero attached hydrogens (tertiary/aromatic N) is 1. The van der Waals surface area contributed by atoms with Crippen LogP contribution in [0, 0.1) is 11.6 Å². The van der Waals surface area contributed by atoms with Crippen molar-refractivity contribution in [2.24, 2.45) is 0 Å². The maximum atomic E-state index is 13.1. The van der Waals surface area contributed by atoms with E-state index in [-0.39, 0.29) is 4.47 Å². The van der Waals surface area contributed by atoms with Gasteiger partial charge in [0, 0.05) is 6.54 Å². The predicted molar refractivity (Wildman–Crippen MR) is 56.1 cm³/mol. The van der Waals surface area contributed by atoms with E-state index >= 15 is 0 Å². The summed E-state index contributed by atoms with van der Waals surface area (Å²) >= 11 is 3.05. The van der Waals surface area contributed by atoms with E-state index in [9.17, 15) is 8.78 Å². The van der Waals surface area contributed by atoms with Gasteiger partial charge in [-0.2, -0.15) is 0 Å². The van der Waals surface area contributed by atoms with Gasteiger partial charge in [-0.3, -0.25) is 0 Å². The molecule has 0 aromatic heterocycles. The quantitative estimate of drug-likeness (QED) is 0.758. The van der Waals surface area contributed by atoms with Crippen LogP contribution in [-0.4, -0.2) is 18.5 Å². The Morgan fingerprint density at radius 2 is 2.00 bits per heavy atom. The van der Waals surface area contributed by atoms with Gasteiger partial charge in [0.2, 0.25) is 0 Å². The Balaban J connectivity index is 2.94. The topological polar surface area (TPSA) is 3.24 Å². The van der Waals surface area contributed by atoms with Gasteiger partial charge in [-0.15, -0.1) is 0 Å². The lowest BCUT2D eigenvalue weighted by atomic mass is 10.2. The first kappa shape index (κ1) is 11.6. The first-order valence-corrected chi connectivity index (χ1v) is 5.16. The summed E-state index contributed by atoms with van der Waals surface area (Å²) in [5.41, 5.74) is 0.758. The molecular formula is C10H12BrF2N. The minimum Gasteiger partial charge on any atom is -0.302 e. The Morgan fingerprint density at radius 3 is 2.57 bits per heavy atom. The van der Waals surface area contributed by atoms with Crippen molar-refractivity contribution in [3.05, 3.63) is 33.8 Å². The lowest BCUT2D eigenvalue weighted by Crippen LogP contribution is -2.17. The molecule has 1 nitrogen and oxygen atoms in total. The van der Waals surface area contributed by atoms with Gasteiger partial charge in [0.15, 0.2) is 11.6 Å². The molecule has 0 bridgehead atoms. The number of hydrogen-bond acceptors (Lipinski definition) is 1. The third kappa shape index (κ3) is 2.51. The van der Waals surface area contributed by atoms with E-state index in [1.54, 1.807) is 6.07 Å². The standard InChI is InChI=1S/C10H12BrF2N/c1-3-14(2)6-7-4-5-8(12)10(13)9(7)11/h4-5H,3,6H2,1-2H3. The largest absolute Gasteiger partial charge is 0.302 e. The van der Waals surface area contributed by atoms with Gasteiger partial charge in [-0.25, -0.2) is 8.78 Å². The molecule has 0 atom stereocenters. The van der Waals surface area contributed by atoms with Crippen LogP contribution < -0.4 is 0 Å². The van der Waals surface area contributed by atoms with Crippen LogP contribution in [0.4, 0.5) is 8.78 Å². The van der Waals surface area contributed by atoms with Crippen molar-refractivity contribution < 1.29 is 8.78 Å². The highest BCUT2D eigenvalue weighted by molar-refractivity contribution is 9.10. The van der Waals surface area contributed by atoms with Gasteiger partial charge in [-0.1, -0.05) is 13.0 Å². The van der Waals surface area contributed by atoms with Crippen molar-refractivity contribution in [2.75, 3.05) is 13.6 Å². The molecule has 0 aliphatic carbocycles. The molecule has 0 radical (unpaired) electrons. The predicted octanol–water partition coefficient (Wildman–Crippen LogP) is 3.18. The summed E-state index contributed by atoms with van der Waals surface area (Å²) in [6, 6.07) is 2.74. The molecule has 0 spiro atoms. The Morgan fingerprint density at radius 1 is 1.36 bits per heavy atom. The summed E-state index contributed by atoms with van der Waals surface area (Å²) in [6.45, 7) is 3.48. The lowest BCUT2D eigenvalue weighted by molar-refractivity contribution is 0.343. The second-order valence-corrected chi connectivity index (χ2v) is 3.96. The van der Waals surface area contributed by atoms with Crippen LogP contribution >= 0.6 is 15.9 Å². The van der Waals surface area contributed by atoms with E-state index in [2.05, 4.69) is 15.9 Å². The summed E-state index contributed by atoms with van der Waals surface area (Å²) < 4.78 is 26.1. The molecule has 0 aliphatic heterocycles. The van der Waals surface area contributed by atoms with Gasteiger partial charge < -0.3 is 4.90 Å². The van der Waals surface area contributed by atoms with Gasteiger partial charge in [-0.05, 0) is 41.2 Å². The normalized spacial score (nSPS) is 11.0. The smallest absolute Gasteiger partial charge is 0.173 e. The summed E-state index contributed by atoms with van der Waals surface area (Å²) in [7, 11) is 1.92. The van der Waals surface area contributed by atoms with Gasteiger partial charge >= 0.3 is 0 Å². The van der Waals surface area contributed by atoms with E-state index in [4.69, 9.17) is 0 Å². The van der Waals surface area contributed by atoms with E-state index in [1.165, 1.54) is 0 Å². The van der Waals surface area contributed by atoms with Crippen molar-refractivity contribution in [1.29, 1.82) is 0 Å². The highest BCUT2D eigenvalue weighted by Gasteiger charge is 2.11. The Bertz CT molecular complexity index is 328. The van der Waals surface area contributed by atoms with E-state index < -0.39 is 11.6 Å². The summed E-state index contributed by atoms with van der Waals surface area (Å²) in [4.78, 5) is 2.01. The second-order valence-electron chi connectivity index (χ2n) is 3.16. The molecule has 14 heavy (non-hydrogen) atoms. The molecule has 1 aromatic rings. The SMILES string of the molecule is CCN(C)Cc1ccc(F)c(F)c1Br. The Labute approximate surface area is 90.8 Å². The second kappa shape index (κ2) is 4.84. The van der Waals surface area contributed by atoms with Crippen LogP contribution in [0.3, 0.4) is 0 Å². The van der Waals surface area contributed by atoms with Crippen LogP contribution in [0.15, 0.2) is 16.6 Å². The molecule has 78 valence electrons. The van der Waals surface area contributed by atoms with Gasteiger partial charge in [0.25, 0.3) is 0 Å². The number of halogens is 3. The summed E-state index contributed by atoms with van der Waals surface area (Å²) in [5, 5.41) is 0. The zero-order chi connectivity index (χ0) is 10.7. The average Bonchev–Trinajstić information content (AvgIpc) is 2.19. The first-order valence-electron chi connectivity index (χ1n) is 4.37. The zero-order valence-corrected chi connectivity index (χ0v) is 9.74. The van der Waals surface area contributed by atoms with Gasteiger partial charge in [0.1, 0.15) is 0 Å². The maximum Gasteiger partial charge on any atom is 0.173 e. The third-order valence-electron chi connectivity index (χ3n) is 2.10. The molecule has 4 heteroatoms. The molecule has 0 heterocycles. The molecule has 0 aliphatic rings. The minimum absolute atomic E-state index is 0.220. The van der Waals surface area contributed by atoms with Crippen LogP contribution in [0.5, 0.6) is 0 Å². The maximum absolute atomic E-state index is 13.1. The molecule has 1 aromatic carbocycles. The van der Waals surface area contributed by atoms with Crippen LogP contribution in [-0.2, 0) is 6.54 Å². The molecule has 1 rings (SSSR count). The van der Waals surface area contributed by atoms with Crippen molar-refractivity contribution in [3.63, 3.8) is 0 Å². The van der Waals surface area contributed by atoms with E-state index in [0.29, 0.717) is 6.54 Å². The van der Waals surface area contributed by atoms with Crippen molar-refractivity contribution in [2.45, 2.75) is 13.5 Å². The van der Waals surface area contributed by atoms with Crippen LogP contribution in [0.2, 0.25) is 0 Å². The molecule has 0 saturated carbocycles. The van der Waals surface area contributed by atoms with E-state index in [0.717, 1.165) is 18.2 Å². The number of rotatable bonds is 3. The summed E-state index contributed by atoms with van der Waals surface area (Å²) in [5.74, 6) is -1.63. The molecule has 0 saturated heterocycles. The van der Waals surface area contributed by atoms with E-state index in [1.807, 2.05) is 18.9 Å². The molecular weight excluding hydrogens is 252 g/mol. The van der Waals surface area contributed by atoms with Crippen molar-refractivity contribution >= 4 is 15.9 Å². The van der Waals surface area contributed by atoms with Crippen molar-refractivity contribution in [1.82, 2.24) is 4.90 Å². The zero-order valence-electron chi connectivity index (χ0n) is 8.15. The lowest BCUT2D eigenvalue weighted by Gasteiger charge is -2.15. The molecule has 0 fully saturated rings. The molecule has 0 unspecified atom stereocenters. The monoisotopic (exact) mass is 263 g/mol. The van der Waals surface area contributed by atoms with Gasteiger partial charge in [0.05, 0.1) is 4.47 Å².